The lowest BCUT2D eigenvalue weighted by atomic mass is 10.1. The molecule has 0 radical (unpaired) electrons. The molecule has 19 heavy (non-hydrogen) atoms. The van der Waals surface area contributed by atoms with Crippen molar-refractivity contribution in [3.63, 3.8) is 0 Å². The quantitative estimate of drug-likeness (QED) is 0.812. The van der Waals surface area contributed by atoms with E-state index < -0.39 is 0 Å². The average molecular weight is 256 g/mol. The van der Waals surface area contributed by atoms with Crippen LogP contribution in [-0.4, -0.2) is 23.4 Å². The molecule has 0 heterocycles. The van der Waals surface area contributed by atoms with Gasteiger partial charge in [-0.1, -0.05) is 18.2 Å². The maximum atomic E-state index is 12.7. The summed E-state index contributed by atoms with van der Waals surface area (Å²) < 4.78 is 0. The standard InChI is InChI=1S/C16H20N2O/c1-12-6-3-4-7-15(12)16(19)18(11-5-10-17)13(2)14-8-9-14/h3-4,6-7,13-14H,5,8-9,11H2,1-2H3. The van der Waals surface area contributed by atoms with Gasteiger partial charge in [-0.3, -0.25) is 4.79 Å². The Morgan fingerprint density at radius 2 is 2.16 bits per heavy atom. The molecule has 2 rings (SSSR count). The van der Waals surface area contributed by atoms with Gasteiger partial charge in [-0.2, -0.15) is 5.26 Å². The van der Waals surface area contributed by atoms with Crippen LogP contribution >= 0.6 is 0 Å². The molecule has 0 bridgehead atoms. The molecular formula is C16H20N2O. The minimum Gasteiger partial charge on any atom is -0.335 e. The van der Waals surface area contributed by atoms with Gasteiger partial charge >= 0.3 is 0 Å². The van der Waals surface area contributed by atoms with Gasteiger partial charge in [0.2, 0.25) is 0 Å². The van der Waals surface area contributed by atoms with Crippen LogP contribution in [0.15, 0.2) is 24.3 Å². The third-order valence-electron chi connectivity index (χ3n) is 3.90. The van der Waals surface area contributed by atoms with Crippen LogP contribution in [0.1, 0.15) is 42.1 Å². The van der Waals surface area contributed by atoms with E-state index in [2.05, 4.69) is 13.0 Å². The first-order valence-corrected chi connectivity index (χ1v) is 6.88. The second-order valence-corrected chi connectivity index (χ2v) is 5.30. The fourth-order valence-electron chi connectivity index (χ4n) is 2.46. The number of carbonyl (C=O) groups is 1. The maximum Gasteiger partial charge on any atom is 0.254 e. The first-order valence-electron chi connectivity index (χ1n) is 6.88. The summed E-state index contributed by atoms with van der Waals surface area (Å²) in [6.45, 7) is 4.59. The van der Waals surface area contributed by atoms with Gasteiger partial charge < -0.3 is 4.90 Å². The summed E-state index contributed by atoms with van der Waals surface area (Å²) >= 11 is 0. The molecule has 100 valence electrons. The smallest absolute Gasteiger partial charge is 0.254 e. The number of amides is 1. The molecule has 1 fully saturated rings. The summed E-state index contributed by atoms with van der Waals surface area (Å²) in [5.74, 6) is 0.680. The number of benzene rings is 1. The number of hydrogen-bond acceptors (Lipinski definition) is 2. The van der Waals surface area contributed by atoms with Crippen molar-refractivity contribution in [1.29, 1.82) is 5.26 Å². The van der Waals surface area contributed by atoms with Gasteiger partial charge in [0, 0.05) is 18.2 Å². The number of hydrogen-bond donors (Lipinski definition) is 0. The van der Waals surface area contributed by atoms with Crippen LogP contribution in [0.2, 0.25) is 0 Å². The Morgan fingerprint density at radius 3 is 2.74 bits per heavy atom. The molecule has 1 aliphatic carbocycles. The molecule has 1 amide bonds. The second-order valence-electron chi connectivity index (χ2n) is 5.30. The highest BCUT2D eigenvalue weighted by Crippen LogP contribution is 2.35. The third-order valence-corrected chi connectivity index (χ3v) is 3.90. The van der Waals surface area contributed by atoms with E-state index in [9.17, 15) is 4.79 Å². The van der Waals surface area contributed by atoms with Gasteiger partial charge in [0.15, 0.2) is 0 Å². The molecule has 0 aliphatic heterocycles. The third kappa shape index (κ3) is 3.14. The van der Waals surface area contributed by atoms with Crippen molar-refractivity contribution in [2.24, 2.45) is 5.92 Å². The van der Waals surface area contributed by atoms with Crippen molar-refractivity contribution in [3.8, 4) is 6.07 Å². The van der Waals surface area contributed by atoms with Crippen molar-refractivity contribution in [2.45, 2.75) is 39.2 Å². The highest BCUT2D eigenvalue weighted by molar-refractivity contribution is 5.95. The van der Waals surface area contributed by atoms with Crippen LogP contribution in [0.25, 0.3) is 0 Å². The van der Waals surface area contributed by atoms with E-state index in [1.807, 2.05) is 36.1 Å². The molecule has 3 nitrogen and oxygen atoms in total. The molecule has 0 aromatic heterocycles. The van der Waals surface area contributed by atoms with E-state index in [0.717, 1.165) is 11.1 Å². The maximum absolute atomic E-state index is 12.7. The van der Waals surface area contributed by atoms with Gasteiger partial charge in [-0.25, -0.2) is 0 Å². The van der Waals surface area contributed by atoms with Crippen LogP contribution < -0.4 is 0 Å². The molecule has 1 aromatic carbocycles. The van der Waals surface area contributed by atoms with E-state index in [-0.39, 0.29) is 11.9 Å². The number of nitriles is 1. The first kappa shape index (κ1) is 13.6. The highest BCUT2D eigenvalue weighted by atomic mass is 16.2. The topological polar surface area (TPSA) is 44.1 Å². The largest absolute Gasteiger partial charge is 0.335 e. The molecule has 0 N–H and O–H groups in total. The van der Waals surface area contributed by atoms with E-state index in [1.165, 1.54) is 12.8 Å². The summed E-state index contributed by atoms with van der Waals surface area (Å²) in [5.41, 5.74) is 1.75. The highest BCUT2D eigenvalue weighted by Gasteiger charge is 2.34. The van der Waals surface area contributed by atoms with Crippen LogP contribution in [-0.2, 0) is 0 Å². The average Bonchev–Trinajstić information content (AvgIpc) is 3.23. The number of nitrogens with zero attached hydrogens (tertiary/aromatic N) is 2. The van der Waals surface area contributed by atoms with E-state index in [1.54, 1.807) is 0 Å². The zero-order chi connectivity index (χ0) is 13.8. The lowest BCUT2D eigenvalue weighted by Crippen LogP contribution is -2.40. The van der Waals surface area contributed by atoms with Gasteiger partial charge in [-0.05, 0) is 44.2 Å². The zero-order valence-electron chi connectivity index (χ0n) is 11.6. The molecule has 1 unspecified atom stereocenters. The lowest BCUT2D eigenvalue weighted by Gasteiger charge is -2.29. The molecular weight excluding hydrogens is 236 g/mol. The zero-order valence-corrected chi connectivity index (χ0v) is 11.6. The number of carbonyl (C=O) groups excluding carboxylic acids is 1. The predicted molar refractivity (Wildman–Crippen MR) is 74.6 cm³/mol. The second kappa shape index (κ2) is 5.88. The van der Waals surface area contributed by atoms with Crippen LogP contribution in [0, 0.1) is 24.2 Å². The molecule has 0 spiro atoms. The fourth-order valence-corrected chi connectivity index (χ4v) is 2.46. The summed E-state index contributed by atoms with van der Waals surface area (Å²) in [6, 6.07) is 10.0. The fraction of sp³-hybridized carbons (Fsp3) is 0.500. The van der Waals surface area contributed by atoms with Crippen LogP contribution in [0.4, 0.5) is 0 Å². The number of aryl methyl sites for hydroxylation is 1. The SMILES string of the molecule is Cc1ccccc1C(=O)N(CCC#N)C(C)C1CC1. The van der Waals surface area contributed by atoms with Crippen molar-refractivity contribution in [3.05, 3.63) is 35.4 Å². The first-order chi connectivity index (χ1) is 9.15. The summed E-state index contributed by atoms with van der Waals surface area (Å²) in [6.07, 6.45) is 2.80. The normalized spacial score (nSPS) is 15.6. The van der Waals surface area contributed by atoms with Crippen molar-refractivity contribution in [2.75, 3.05) is 6.54 Å². The molecule has 1 saturated carbocycles. The Bertz CT molecular complexity index is 500. The summed E-state index contributed by atoms with van der Waals surface area (Å²) in [4.78, 5) is 14.5. The van der Waals surface area contributed by atoms with Crippen molar-refractivity contribution in [1.82, 2.24) is 4.90 Å². The Balaban J connectivity index is 2.19. The van der Waals surface area contributed by atoms with Crippen LogP contribution in [0.5, 0.6) is 0 Å². The molecule has 1 aliphatic rings. The Labute approximate surface area is 114 Å². The van der Waals surface area contributed by atoms with Crippen LogP contribution in [0.3, 0.4) is 0 Å². The van der Waals surface area contributed by atoms with Gasteiger partial charge in [-0.15, -0.1) is 0 Å². The minimum absolute atomic E-state index is 0.0627. The Kier molecular flexibility index (Phi) is 4.21. The predicted octanol–water partition coefficient (Wildman–Crippen LogP) is 3.15. The van der Waals surface area contributed by atoms with E-state index in [4.69, 9.17) is 5.26 Å². The lowest BCUT2D eigenvalue weighted by molar-refractivity contribution is 0.0676. The Hall–Kier alpha value is -1.82. The monoisotopic (exact) mass is 256 g/mol. The molecule has 1 aromatic rings. The van der Waals surface area contributed by atoms with E-state index in [0.29, 0.717) is 18.9 Å². The summed E-state index contributed by atoms with van der Waals surface area (Å²) in [7, 11) is 0. The molecule has 1 atom stereocenters. The minimum atomic E-state index is 0.0627. The van der Waals surface area contributed by atoms with Gasteiger partial charge in [0.25, 0.3) is 5.91 Å². The Morgan fingerprint density at radius 1 is 1.47 bits per heavy atom. The summed E-state index contributed by atoms with van der Waals surface area (Å²) in [5, 5.41) is 8.77. The molecule has 3 heteroatoms. The van der Waals surface area contributed by atoms with Gasteiger partial charge in [0.05, 0.1) is 12.5 Å². The number of rotatable bonds is 5. The van der Waals surface area contributed by atoms with Crippen molar-refractivity contribution >= 4 is 5.91 Å². The van der Waals surface area contributed by atoms with E-state index >= 15 is 0 Å². The van der Waals surface area contributed by atoms with Gasteiger partial charge in [0.1, 0.15) is 0 Å². The van der Waals surface area contributed by atoms with Crippen molar-refractivity contribution < 1.29 is 4.79 Å². The molecule has 0 saturated heterocycles.